The summed E-state index contributed by atoms with van der Waals surface area (Å²) in [6.07, 6.45) is 6.92. The highest BCUT2D eigenvalue weighted by molar-refractivity contribution is 5.47. The molecule has 0 bridgehead atoms. The van der Waals surface area contributed by atoms with Crippen molar-refractivity contribution >= 4 is 0 Å². The summed E-state index contributed by atoms with van der Waals surface area (Å²) in [7, 11) is 0. The largest absolute Gasteiger partial charge is 0.0950 e. The van der Waals surface area contributed by atoms with Crippen molar-refractivity contribution in [3.63, 3.8) is 0 Å². The first-order valence-electron chi connectivity index (χ1n) is 6.90. The van der Waals surface area contributed by atoms with Crippen LogP contribution in [0.25, 0.3) is 0 Å². The molecule has 0 atom stereocenters. The van der Waals surface area contributed by atoms with E-state index >= 15 is 0 Å². The van der Waals surface area contributed by atoms with Gasteiger partial charge in [-0.2, -0.15) is 0 Å². The van der Waals surface area contributed by atoms with Crippen molar-refractivity contribution in [2.24, 2.45) is 17.3 Å². The van der Waals surface area contributed by atoms with E-state index in [0.29, 0.717) is 17.3 Å². The molecule has 2 aliphatic carbocycles. The first-order valence-corrected chi connectivity index (χ1v) is 6.90. The molecule has 0 radical (unpaired) electrons. The van der Waals surface area contributed by atoms with Crippen molar-refractivity contribution < 1.29 is 0 Å². The smallest absolute Gasteiger partial charge is 0.00126 e. The normalized spacial score (nSPS) is 24.5. The Morgan fingerprint density at radius 3 is 1.94 bits per heavy atom. The molecule has 0 N–H and O–H groups in total. The second-order valence-electron chi connectivity index (χ2n) is 6.39. The van der Waals surface area contributed by atoms with Crippen molar-refractivity contribution in [3.8, 4) is 0 Å². The second kappa shape index (κ2) is 4.05. The summed E-state index contributed by atoms with van der Waals surface area (Å²) < 4.78 is 0. The zero-order valence-electron chi connectivity index (χ0n) is 11.4. The molecular weight excluding hydrogens is 192 g/mol. The zero-order chi connectivity index (χ0) is 11.9. The van der Waals surface area contributed by atoms with Gasteiger partial charge in [0.15, 0.2) is 0 Å². The van der Waals surface area contributed by atoms with Crippen molar-refractivity contribution in [3.05, 3.63) is 23.3 Å². The van der Waals surface area contributed by atoms with Gasteiger partial charge in [-0.1, -0.05) is 52.7 Å². The zero-order valence-corrected chi connectivity index (χ0v) is 11.4. The lowest BCUT2D eigenvalue weighted by atomic mass is 9.77. The van der Waals surface area contributed by atoms with Crippen LogP contribution in [0.5, 0.6) is 0 Å². The van der Waals surface area contributed by atoms with Gasteiger partial charge < -0.3 is 0 Å². The average Bonchev–Trinajstić information content (AvgIpc) is 2.75. The summed E-state index contributed by atoms with van der Waals surface area (Å²) in [5.74, 6) is 1.36. The lowest BCUT2D eigenvalue weighted by molar-refractivity contribution is 0.380. The molecule has 0 aromatic heterocycles. The summed E-state index contributed by atoms with van der Waals surface area (Å²) in [6, 6.07) is 0. The van der Waals surface area contributed by atoms with E-state index in [2.05, 4.69) is 34.3 Å². The molecule has 0 unspecified atom stereocenters. The summed E-state index contributed by atoms with van der Waals surface area (Å²) in [5, 5.41) is 0. The van der Waals surface area contributed by atoms with Crippen molar-refractivity contribution in [2.75, 3.05) is 0 Å². The molecular formula is C16H26. The fourth-order valence-electron chi connectivity index (χ4n) is 3.81. The molecule has 0 aliphatic heterocycles. The first-order chi connectivity index (χ1) is 7.48. The van der Waals surface area contributed by atoms with Crippen LogP contribution in [0.4, 0.5) is 0 Å². The van der Waals surface area contributed by atoms with Crippen molar-refractivity contribution in [1.82, 2.24) is 0 Å². The topological polar surface area (TPSA) is 0 Å². The number of hydrogen-bond acceptors (Lipinski definition) is 0. The van der Waals surface area contributed by atoms with Crippen LogP contribution in [0.1, 0.15) is 59.8 Å². The quantitative estimate of drug-likeness (QED) is 0.604. The van der Waals surface area contributed by atoms with Gasteiger partial charge in [-0.25, -0.2) is 0 Å². The molecule has 2 rings (SSSR count). The minimum Gasteiger partial charge on any atom is -0.0950 e. The summed E-state index contributed by atoms with van der Waals surface area (Å²) in [6.45, 7) is 13.8. The van der Waals surface area contributed by atoms with Gasteiger partial charge in [0.05, 0.1) is 0 Å². The van der Waals surface area contributed by atoms with Crippen LogP contribution in [0.3, 0.4) is 0 Å². The maximum Gasteiger partial charge on any atom is -0.00126 e. The molecule has 0 aromatic carbocycles. The molecule has 0 aromatic rings. The molecule has 90 valence electrons. The summed E-state index contributed by atoms with van der Waals surface area (Å²) >= 11 is 0. The Kier molecular flexibility index (Phi) is 3.03. The van der Waals surface area contributed by atoms with Gasteiger partial charge in [0.25, 0.3) is 0 Å². The van der Waals surface area contributed by atoms with E-state index in [4.69, 9.17) is 0 Å². The highest BCUT2D eigenvalue weighted by Gasteiger charge is 2.44. The highest BCUT2D eigenvalue weighted by Crippen LogP contribution is 2.58. The van der Waals surface area contributed by atoms with E-state index in [-0.39, 0.29) is 0 Å². The van der Waals surface area contributed by atoms with Crippen LogP contribution in [-0.4, -0.2) is 0 Å². The maximum absolute atomic E-state index is 4.47. The molecule has 2 aliphatic rings. The molecule has 1 spiro atoms. The molecule has 0 heterocycles. The van der Waals surface area contributed by atoms with Gasteiger partial charge in [0.2, 0.25) is 0 Å². The van der Waals surface area contributed by atoms with E-state index in [9.17, 15) is 0 Å². The minimum absolute atomic E-state index is 0.485. The number of rotatable bonds is 2. The van der Waals surface area contributed by atoms with E-state index in [1.54, 1.807) is 11.1 Å². The lowest BCUT2D eigenvalue weighted by Crippen LogP contribution is -2.15. The Bertz CT molecular complexity index is 322. The van der Waals surface area contributed by atoms with Gasteiger partial charge in [-0.15, -0.1) is 0 Å². The Morgan fingerprint density at radius 2 is 1.56 bits per heavy atom. The molecule has 0 saturated heterocycles. The lowest BCUT2D eigenvalue weighted by Gasteiger charge is -2.27. The standard InChI is InChI=1S/C16H26/c1-11(2)14-10-16(8-6-7-9-16)13(5)15(14)12(3)4/h11-12H,5-10H2,1-4H3. The molecule has 16 heavy (non-hydrogen) atoms. The van der Waals surface area contributed by atoms with Crippen molar-refractivity contribution in [1.29, 1.82) is 0 Å². The van der Waals surface area contributed by atoms with Crippen LogP contribution in [0.15, 0.2) is 23.3 Å². The van der Waals surface area contributed by atoms with Crippen LogP contribution < -0.4 is 0 Å². The third-order valence-corrected chi connectivity index (χ3v) is 4.68. The maximum atomic E-state index is 4.47. The number of allylic oxidation sites excluding steroid dienone is 3. The van der Waals surface area contributed by atoms with E-state index in [0.717, 1.165) is 0 Å². The molecule has 1 saturated carbocycles. The van der Waals surface area contributed by atoms with E-state index < -0.39 is 0 Å². The predicted octanol–water partition coefficient (Wildman–Crippen LogP) is 5.12. The molecule has 0 heteroatoms. The third-order valence-electron chi connectivity index (χ3n) is 4.68. The first kappa shape index (κ1) is 12.0. The van der Waals surface area contributed by atoms with Gasteiger partial charge in [-0.3, -0.25) is 0 Å². The third kappa shape index (κ3) is 1.67. The van der Waals surface area contributed by atoms with Crippen LogP contribution in [0.2, 0.25) is 0 Å². The molecule has 0 nitrogen and oxygen atoms in total. The highest BCUT2D eigenvalue weighted by atomic mass is 14.5. The Morgan fingerprint density at radius 1 is 1.00 bits per heavy atom. The SMILES string of the molecule is C=C1C(C(C)C)=C(C(C)C)CC12CCCC2. The van der Waals surface area contributed by atoms with Crippen LogP contribution in [0, 0.1) is 17.3 Å². The number of hydrogen-bond donors (Lipinski definition) is 0. The fraction of sp³-hybridized carbons (Fsp3) is 0.750. The molecule has 0 amide bonds. The van der Waals surface area contributed by atoms with E-state index in [1.807, 2.05) is 0 Å². The van der Waals surface area contributed by atoms with Gasteiger partial charge in [0.1, 0.15) is 0 Å². The summed E-state index contributed by atoms with van der Waals surface area (Å²) in [4.78, 5) is 0. The average molecular weight is 218 g/mol. The summed E-state index contributed by atoms with van der Waals surface area (Å²) in [5.41, 5.74) is 5.32. The Labute approximate surface area is 101 Å². The van der Waals surface area contributed by atoms with Crippen LogP contribution in [-0.2, 0) is 0 Å². The Hall–Kier alpha value is -0.520. The van der Waals surface area contributed by atoms with Gasteiger partial charge in [0, 0.05) is 0 Å². The van der Waals surface area contributed by atoms with Crippen molar-refractivity contribution in [2.45, 2.75) is 59.8 Å². The van der Waals surface area contributed by atoms with Gasteiger partial charge >= 0.3 is 0 Å². The van der Waals surface area contributed by atoms with Gasteiger partial charge in [-0.05, 0) is 47.7 Å². The minimum atomic E-state index is 0.485. The molecule has 1 fully saturated rings. The van der Waals surface area contributed by atoms with E-state index in [1.165, 1.54) is 37.7 Å². The second-order valence-corrected chi connectivity index (χ2v) is 6.39. The predicted molar refractivity (Wildman–Crippen MR) is 71.4 cm³/mol. The monoisotopic (exact) mass is 218 g/mol. The fourth-order valence-corrected chi connectivity index (χ4v) is 3.81. The van der Waals surface area contributed by atoms with Crippen LogP contribution >= 0.6 is 0 Å². The Balaban J connectivity index is 2.36.